The van der Waals surface area contributed by atoms with E-state index in [-0.39, 0.29) is 0 Å². The summed E-state index contributed by atoms with van der Waals surface area (Å²) in [5, 5.41) is 21.6. The maximum Gasteiger partial charge on any atom is 0.177 e. The number of aryl methyl sites for hydroxylation is 2. The van der Waals surface area contributed by atoms with Crippen molar-refractivity contribution >= 4 is 11.5 Å². The lowest BCUT2D eigenvalue weighted by molar-refractivity contribution is 0.473. The van der Waals surface area contributed by atoms with Crippen LogP contribution in [-0.4, -0.2) is 43.1 Å². The van der Waals surface area contributed by atoms with Crippen molar-refractivity contribution in [3.05, 3.63) is 41.5 Å². The number of anilines is 1. The molecule has 1 saturated heterocycles. The molecule has 0 radical (unpaired) electrons. The summed E-state index contributed by atoms with van der Waals surface area (Å²) in [6.07, 6.45) is 2.04. The third-order valence-corrected chi connectivity index (χ3v) is 4.39. The molecule has 0 atom stereocenters. The fourth-order valence-electron chi connectivity index (χ4n) is 3.08. The van der Waals surface area contributed by atoms with Gasteiger partial charge in [0.1, 0.15) is 0 Å². The van der Waals surface area contributed by atoms with Crippen LogP contribution in [0.2, 0.25) is 0 Å². The first-order chi connectivity index (χ1) is 11.2. The lowest BCUT2D eigenvalue weighted by Gasteiger charge is -2.31. The summed E-state index contributed by atoms with van der Waals surface area (Å²) < 4.78 is 1.89. The number of aromatic nitrogens is 6. The molecule has 23 heavy (non-hydrogen) atoms. The number of nitrogens with zero attached hydrogens (tertiary/aromatic N) is 7. The van der Waals surface area contributed by atoms with Gasteiger partial charge in [-0.2, -0.15) is 14.7 Å². The number of rotatable bonds is 2. The molecule has 0 bridgehead atoms. The van der Waals surface area contributed by atoms with E-state index in [9.17, 15) is 0 Å². The quantitative estimate of drug-likeness (QED) is 0.720. The van der Waals surface area contributed by atoms with E-state index in [1.807, 2.05) is 42.6 Å². The molecule has 3 aromatic rings. The highest BCUT2D eigenvalue weighted by Gasteiger charge is 2.25. The van der Waals surface area contributed by atoms with Crippen LogP contribution >= 0.6 is 0 Å². The van der Waals surface area contributed by atoms with Crippen molar-refractivity contribution in [1.82, 2.24) is 30.0 Å². The maximum atomic E-state index is 4.55. The zero-order valence-corrected chi connectivity index (χ0v) is 13.3. The molecule has 0 amide bonds. The van der Waals surface area contributed by atoms with Crippen LogP contribution in [0, 0.1) is 13.8 Å². The normalized spacial score (nSPS) is 16.2. The van der Waals surface area contributed by atoms with Gasteiger partial charge >= 0.3 is 0 Å². The van der Waals surface area contributed by atoms with Gasteiger partial charge in [0.2, 0.25) is 0 Å². The highest BCUT2D eigenvalue weighted by molar-refractivity contribution is 5.39. The van der Waals surface area contributed by atoms with E-state index in [0.29, 0.717) is 5.92 Å². The molecule has 4 rings (SSSR count). The van der Waals surface area contributed by atoms with E-state index in [0.717, 1.165) is 54.6 Å². The van der Waals surface area contributed by atoms with Gasteiger partial charge in [-0.15, -0.1) is 15.3 Å². The molecule has 0 saturated carbocycles. The largest absolute Gasteiger partial charge is 0.355 e. The van der Waals surface area contributed by atoms with Crippen LogP contribution in [0.25, 0.3) is 5.65 Å². The van der Waals surface area contributed by atoms with Crippen LogP contribution in [0.5, 0.6) is 0 Å². The summed E-state index contributed by atoms with van der Waals surface area (Å²) in [5.74, 6) is 2.31. The maximum absolute atomic E-state index is 4.55. The Morgan fingerprint density at radius 3 is 2.39 bits per heavy atom. The minimum atomic E-state index is 0.383. The van der Waals surface area contributed by atoms with Gasteiger partial charge in [0.15, 0.2) is 17.3 Å². The van der Waals surface area contributed by atoms with Crippen molar-refractivity contribution < 1.29 is 0 Å². The lowest BCUT2D eigenvalue weighted by Crippen LogP contribution is -2.34. The van der Waals surface area contributed by atoms with Crippen LogP contribution in [-0.2, 0) is 0 Å². The van der Waals surface area contributed by atoms with Crippen molar-refractivity contribution in [3.63, 3.8) is 0 Å². The zero-order chi connectivity index (χ0) is 15.8. The second kappa shape index (κ2) is 5.57. The second-order valence-electron chi connectivity index (χ2n) is 6.10. The van der Waals surface area contributed by atoms with E-state index >= 15 is 0 Å². The third kappa shape index (κ3) is 2.62. The van der Waals surface area contributed by atoms with E-state index in [4.69, 9.17) is 0 Å². The number of fused-ring (bicyclic) bond motifs is 1. The molecular weight excluding hydrogens is 290 g/mol. The molecule has 3 aromatic heterocycles. The van der Waals surface area contributed by atoms with Crippen LogP contribution in [0.3, 0.4) is 0 Å². The summed E-state index contributed by atoms with van der Waals surface area (Å²) >= 11 is 0. The molecule has 1 aliphatic heterocycles. The second-order valence-corrected chi connectivity index (χ2v) is 6.10. The third-order valence-electron chi connectivity index (χ3n) is 4.39. The summed E-state index contributed by atoms with van der Waals surface area (Å²) in [7, 11) is 0. The van der Waals surface area contributed by atoms with Crippen LogP contribution < -0.4 is 4.90 Å². The fraction of sp³-hybridized carbons (Fsp3) is 0.438. The molecule has 1 aliphatic rings. The Morgan fingerprint density at radius 1 is 0.870 bits per heavy atom. The predicted molar refractivity (Wildman–Crippen MR) is 86.5 cm³/mol. The minimum absolute atomic E-state index is 0.383. The highest BCUT2D eigenvalue weighted by Crippen LogP contribution is 2.28. The molecule has 0 aliphatic carbocycles. The highest BCUT2D eigenvalue weighted by atomic mass is 15.4. The average Bonchev–Trinajstić information content (AvgIpc) is 2.99. The van der Waals surface area contributed by atoms with Gasteiger partial charge in [-0.05, 0) is 51.0 Å². The van der Waals surface area contributed by atoms with Gasteiger partial charge in [-0.1, -0.05) is 0 Å². The summed E-state index contributed by atoms with van der Waals surface area (Å²) in [6.45, 7) is 5.84. The predicted octanol–water partition coefficient (Wildman–Crippen LogP) is 1.92. The molecule has 7 heteroatoms. The smallest absolute Gasteiger partial charge is 0.177 e. The van der Waals surface area contributed by atoms with E-state index in [1.54, 1.807) is 0 Å². The number of hydrogen-bond acceptors (Lipinski definition) is 6. The Bertz CT molecular complexity index is 816. The molecule has 0 spiro atoms. The van der Waals surface area contributed by atoms with Gasteiger partial charge in [-0.3, -0.25) is 0 Å². The first-order valence-electron chi connectivity index (χ1n) is 7.95. The van der Waals surface area contributed by atoms with Gasteiger partial charge in [0.25, 0.3) is 0 Å². The van der Waals surface area contributed by atoms with Crippen molar-refractivity contribution in [3.8, 4) is 0 Å². The fourth-order valence-corrected chi connectivity index (χ4v) is 3.08. The van der Waals surface area contributed by atoms with Gasteiger partial charge in [-0.25, -0.2) is 0 Å². The molecular formula is C16H19N7. The van der Waals surface area contributed by atoms with E-state index in [1.165, 1.54) is 0 Å². The number of hydrogen-bond donors (Lipinski definition) is 0. The summed E-state index contributed by atoms with van der Waals surface area (Å²) in [5.41, 5.74) is 2.74. The Labute approximate surface area is 134 Å². The van der Waals surface area contributed by atoms with Gasteiger partial charge in [0.05, 0.1) is 11.4 Å². The van der Waals surface area contributed by atoms with Crippen molar-refractivity contribution in [2.75, 3.05) is 18.0 Å². The standard InChI is InChI=1S/C16H19N7/c1-11-3-5-14(18-17-11)22-9-7-13(8-10-22)16-20-19-15-6-4-12(2)21-23(15)16/h3-6,13H,7-10H2,1-2H3. The minimum Gasteiger partial charge on any atom is -0.355 e. The average molecular weight is 309 g/mol. The van der Waals surface area contributed by atoms with Crippen molar-refractivity contribution in [2.45, 2.75) is 32.6 Å². The Kier molecular flexibility index (Phi) is 3.40. The number of piperidine rings is 1. The first kappa shape index (κ1) is 14.0. The topological polar surface area (TPSA) is 72.1 Å². The first-order valence-corrected chi connectivity index (χ1v) is 7.95. The summed E-state index contributed by atoms with van der Waals surface area (Å²) in [6, 6.07) is 7.98. The molecule has 4 heterocycles. The molecule has 1 fully saturated rings. The monoisotopic (exact) mass is 309 g/mol. The summed E-state index contributed by atoms with van der Waals surface area (Å²) in [4.78, 5) is 2.28. The van der Waals surface area contributed by atoms with E-state index in [2.05, 4.69) is 30.4 Å². The van der Waals surface area contributed by atoms with Crippen LogP contribution in [0.15, 0.2) is 24.3 Å². The Hall–Kier alpha value is -2.57. The SMILES string of the molecule is Cc1ccc(N2CCC(c3nnc4ccc(C)nn34)CC2)nn1. The van der Waals surface area contributed by atoms with Gasteiger partial charge < -0.3 is 4.90 Å². The molecule has 0 aromatic carbocycles. The lowest BCUT2D eigenvalue weighted by atomic mass is 9.96. The molecule has 7 nitrogen and oxygen atoms in total. The van der Waals surface area contributed by atoms with Crippen LogP contribution in [0.1, 0.15) is 36.0 Å². The Morgan fingerprint density at radius 2 is 1.65 bits per heavy atom. The molecule has 0 unspecified atom stereocenters. The molecule has 0 N–H and O–H groups in total. The molecule has 118 valence electrons. The Balaban J connectivity index is 1.52. The van der Waals surface area contributed by atoms with Crippen molar-refractivity contribution in [2.24, 2.45) is 0 Å². The zero-order valence-electron chi connectivity index (χ0n) is 13.3. The van der Waals surface area contributed by atoms with E-state index < -0.39 is 0 Å². The van der Waals surface area contributed by atoms with Gasteiger partial charge in [0, 0.05) is 19.0 Å². The van der Waals surface area contributed by atoms with Crippen LogP contribution in [0.4, 0.5) is 5.82 Å². The van der Waals surface area contributed by atoms with Crippen molar-refractivity contribution in [1.29, 1.82) is 0 Å².